The Hall–Kier alpha value is -2.84. The number of fused-ring (bicyclic) bond motifs is 1. The van der Waals surface area contributed by atoms with Gasteiger partial charge in [0.25, 0.3) is 0 Å². The average Bonchev–Trinajstić information content (AvgIpc) is 3.45. The van der Waals surface area contributed by atoms with Crippen molar-refractivity contribution in [2.75, 3.05) is 24.3 Å². The van der Waals surface area contributed by atoms with Crippen LogP contribution < -0.4 is 9.64 Å². The molecule has 0 N–H and O–H groups in total. The highest BCUT2D eigenvalue weighted by atomic mass is 32.2. The van der Waals surface area contributed by atoms with E-state index in [9.17, 15) is 4.79 Å². The van der Waals surface area contributed by atoms with E-state index in [1.54, 1.807) is 22.9 Å². The Morgan fingerprint density at radius 1 is 1.19 bits per heavy atom. The van der Waals surface area contributed by atoms with Gasteiger partial charge in [0.1, 0.15) is 11.3 Å². The Kier molecular flexibility index (Phi) is 6.89. The Balaban J connectivity index is 1.62. The third-order valence-electron chi connectivity index (χ3n) is 4.83. The maximum Gasteiger partial charge on any atom is 0.233 e. The lowest BCUT2D eigenvalue weighted by Gasteiger charge is -2.20. The number of benzene rings is 2. The topological polar surface area (TPSA) is 60.2 Å². The van der Waals surface area contributed by atoms with Crippen molar-refractivity contribution in [3.63, 3.8) is 0 Å². The number of nitrogens with zero attached hydrogens (tertiary/aromatic N) is 4. The van der Waals surface area contributed by atoms with Crippen molar-refractivity contribution in [1.29, 1.82) is 0 Å². The van der Waals surface area contributed by atoms with E-state index in [0.29, 0.717) is 31.2 Å². The zero-order chi connectivity index (χ0) is 21.6. The first-order valence-electron chi connectivity index (χ1n) is 10.1. The normalized spacial score (nSPS) is 11.0. The first kappa shape index (κ1) is 21.4. The second-order valence-corrected chi connectivity index (χ2v) is 8.76. The average molecular weight is 453 g/mol. The summed E-state index contributed by atoms with van der Waals surface area (Å²) in [6.45, 7) is 3.61. The Morgan fingerprint density at radius 3 is 2.74 bits per heavy atom. The predicted molar refractivity (Wildman–Crippen MR) is 127 cm³/mol. The fourth-order valence-electron chi connectivity index (χ4n) is 3.27. The van der Waals surface area contributed by atoms with Gasteiger partial charge >= 0.3 is 0 Å². The molecule has 0 unspecified atom stereocenters. The zero-order valence-corrected chi connectivity index (χ0v) is 19.2. The van der Waals surface area contributed by atoms with Gasteiger partial charge in [-0.25, -0.2) is 4.98 Å². The number of thioether (sulfide) groups is 1. The SMILES string of the molecule is CCOc1cccc2sc(N(CCn3cccn3)C(=O)Cc3ccc(SC)cc3)nc12. The largest absolute Gasteiger partial charge is 0.492 e. The molecule has 0 aliphatic rings. The van der Waals surface area contributed by atoms with Crippen molar-refractivity contribution < 1.29 is 9.53 Å². The van der Waals surface area contributed by atoms with Crippen molar-refractivity contribution in [3.05, 3.63) is 66.5 Å². The number of thiazole rings is 1. The van der Waals surface area contributed by atoms with Crippen LogP contribution in [0.5, 0.6) is 5.75 Å². The number of hydrogen-bond acceptors (Lipinski definition) is 6. The number of carbonyl (C=O) groups excluding carboxylic acids is 1. The Bertz CT molecular complexity index is 1140. The van der Waals surface area contributed by atoms with E-state index in [2.05, 4.69) is 5.10 Å². The minimum atomic E-state index is 0.0149. The summed E-state index contributed by atoms with van der Waals surface area (Å²) in [6.07, 6.45) is 6.00. The lowest BCUT2D eigenvalue weighted by molar-refractivity contribution is -0.118. The lowest BCUT2D eigenvalue weighted by Crippen LogP contribution is -2.35. The standard InChI is InChI=1S/C23H24N4O2S2/c1-3-29-19-6-4-7-20-22(19)25-23(31-20)27(15-14-26-13-5-12-24-26)21(28)16-17-8-10-18(30-2)11-9-17/h4-13H,3,14-16H2,1-2H3. The molecule has 0 aliphatic carbocycles. The monoisotopic (exact) mass is 452 g/mol. The summed E-state index contributed by atoms with van der Waals surface area (Å²) in [7, 11) is 0. The minimum Gasteiger partial charge on any atom is -0.492 e. The molecule has 0 fully saturated rings. The van der Waals surface area contributed by atoms with Gasteiger partial charge in [-0.05, 0) is 49.1 Å². The summed E-state index contributed by atoms with van der Waals surface area (Å²) in [6, 6.07) is 15.9. The van der Waals surface area contributed by atoms with Gasteiger partial charge in [-0.15, -0.1) is 11.8 Å². The highest BCUT2D eigenvalue weighted by molar-refractivity contribution is 7.98. The molecule has 0 radical (unpaired) electrons. The molecule has 31 heavy (non-hydrogen) atoms. The van der Waals surface area contributed by atoms with Crippen LogP contribution in [0.2, 0.25) is 0 Å². The summed E-state index contributed by atoms with van der Waals surface area (Å²) in [4.78, 5) is 21.1. The zero-order valence-electron chi connectivity index (χ0n) is 17.5. The van der Waals surface area contributed by atoms with E-state index in [1.807, 2.05) is 72.6 Å². The molecule has 0 saturated carbocycles. The molecular weight excluding hydrogens is 428 g/mol. The Labute approximate surface area is 189 Å². The van der Waals surface area contributed by atoms with Gasteiger partial charge in [0.2, 0.25) is 5.91 Å². The van der Waals surface area contributed by atoms with Crippen LogP contribution in [0.4, 0.5) is 5.13 Å². The van der Waals surface area contributed by atoms with Gasteiger partial charge < -0.3 is 4.74 Å². The van der Waals surface area contributed by atoms with Crippen LogP contribution in [0.1, 0.15) is 12.5 Å². The fourth-order valence-corrected chi connectivity index (χ4v) is 4.71. The van der Waals surface area contributed by atoms with Crippen molar-refractivity contribution in [1.82, 2.24) is 14.8 Å². The van der Waals surface area contributed by atoms with Crippen LogP contribution in [-0.4, -0.2) is 40.1 Å². The van der Waals surface area contributed by atoms with Crippen molar-refractivity contribution in [3.8, 4) is 5.75 Å². The fraction of sp³-hybridized carbons (Fsp3) is 0.261. The van der Waals surface area contributed by atoms with Gasteiger partial charge in [-0.3, -0.25) is 14.4 Å². The number of aromatic nitrogens is 3. The number of hydrogen-bond donors (Lipinski definition) is 0. The van der Waals surface area contributed by atoms with Crippen LogP contribution >= 0.6 is 23.1 Å². The van der Waals surface area contributed by atoms with Crippen molar-refractivity contribution in [2.45, 2.75) is 24.8 Å². The molecular formula is C23H24N4O2S2. The van der Waals surface area contributed by atoms with Crippen LogP contribution in [0.3, 0.4) is 0 Å². The van der Waals surface area contributed by atoms with E-state index >= 15 is 0 Å². The molecule has 4 aromatic rings. The van der Waals surface area contributed by atoms with Crippen LogP contribution in [0.25, 0.3) is 10.2 Å². The first-order valence-corrected chi connectivity index (χ1v) is 12.1. The molecule has 0 spiro atoms. The molecule has 0 bridgehead atoms. The lowest BCUT2D eigenvalue weighted by atomic mass is 10.1. The van der Waals surface area contributed by atoms with Gasteiger partial charge in [0.15, 0.2) is 5.13 Å². The predicted octanol–water partition coefficient (Wildman–Crippen LogP) is 4.89. The van der Waals surface area contributed by atoms with Crippen LogP contribution in [-0.2, 0) is 17.8 Å². The quantitative estimate of drug-likeness (QED) is 0.339. The van der Waals surface area contributed by atoms with E-state index in [1.165, 1.54) is 16.2 Å². The summed E-state index contributed by atoms with van der Waals surface area (Å²) in [5, 5.41) is 4.95. The van der Waals surface area contributed by atoms with Crippen LogP contribution in [0.15, 0.2) is 65.8 Å². The molecule has 0 saturated heterocycles. The van der Waals surface area contributed by atoms with Gasteiger partial charge in [-0.2, -0.15) is 5.10 Å². The second-order valence-electron chi connectivity index (χ2n) is 6.87. The minimum absolute atomic E-state index is 0.0149. The number of ether oxygens (including phenoxy) is 1. The summed E-state index contributed by atoms with van der Waals surface area (Å²) in [5.74, 6) is 0.760. The van der Waals surface area contributed by atoms with E-state index < -0.39 is 0 Å². The second kappa shape index (κ2) is 9.98. The molecule has 2 aromatic carbocycles. The van der Waals surface area contributed by atoms with Gasteiger partial charge in [-0.1, -0.05) is 29.5 Å². The summed E-state index contributed by atoms with van der Waals surface area (Å²) < 4.78 is 8.56. The molecule has 0 atom stereocenters. The highest BCUT2D eigenvalue weighted by Crippen LogP contribution is 2.34. The number of anilines is 1. The molecule has 160 valence electrons. The molecule has 2 heterocycles. The molecule has 4 rings (SSSR count). The third-order valence-corrected chi connectivity index (χ3v) is 6.62. The molecule has 6 nitrogen and oxygen atoms in total. The highest BCUT2D eigenvalue weighted by Gasteiger charge is 2.21. The smallest absolute Gasteiger partial charge is 0.233 e. The van der Waals surface area contributed by atoms with Crippen LogP contribution in [0, 0.1) is 0 Å². The molecule has 8 heteroatoms. The Morgan fingerprint density at radius 2 is 2.03 bits per heavy atom. The maximum absolute atomic E-state index is 13.3. The van der Waals surface area contributed by atoms with Crippen molar-refractivity contribution >= 4 is 44.4 Å². The van der Waals surface area contributed by atoms with E-state index in [-0.39, 0.29) is 5.91 Å². The number of para-hydroxylation sites is 1. The first-order chi connectivity index (χ1) is 15.2. The molecule has 0 aliphatic heterocycles. The van der Waals surface area contributed by atoms with Gasteiger partial charge in [0, 0.05) is 23.8 Å². The van der Waals surface area contributed by atoms with E-state index in [0.717, 1.165) is 21.5 Å². The number of carbonyl (C=O) groups is 1. The maximum atomic E-state index is 13.3. The summed E-state index contributed by atoms with van der Waals surface area (Å²) >= 11 is 3.20. The van der Waals surface area contributed by atoms with Crippen molar-refractivity contribution in [2.24, 2.45) is 0 Å². The number of rotatable bonds is 9. The van der Waals surface area contributed by atoms with Gasteiger partial charge in [0.05, 0.1) is 24.3 Å². The third kappa shape index (κ3) is 5.08. The summed E-state index contributed by atoms with van der Waals surface area (Å²) in [5.41, 5.74) is 1.79. The molecule has 1 amide bonds. The van der Waals surface area contributed by atoms with E-state index in [4.69, 9.17) is 9.72 Å². The molecule has 2 aromatic heterocycles. The number of amides is 1.